The molecule has 1 aliphatic rings. The molecular formula is C13H18FN. The summed E-state index contributed by atoms with van der Waals surface area (Å²) in [4.78, 5) is 0. The van der Waals surface area contributed by atoms with E-state index in [9.17, 15) is 4.39 Å². The second kappa shape index (κ2) is 4.75. The molecule has 1 nitrogen and oxygen atoms in total. The minimum atomic E-state index is -0.0960. The van der Waals surface area contributed by atoms with E-state index in [-0.39, 0.29) is 5.82 Å². The van der Waals surface area contributed by atoms with Gasteiger partial charge in [-0.25, -0.2) is 4.39 Å². The van der Waals surface area contributed by atoms with Crippen molar-refractivity contribution in [3.8, 4) is 0 Å². The third-order valence-corrected chi connectivity index (χ3v) is 3.23. The molecule has 0 bridgehead atoms. The predicted octanol–water partition coefficient (Wildman–Crippen LogP) is 2.68. The molecule has 0 radical (unpaired) electrons. The number of aryl methyl sites for hydroxylation is 2. The van der Waals surface area contributed by atoms with Crippen molar-refractivity contribution >= 4 is 0 Å². The molecule has 1 aromatic carbocycles. The Bertz CT molecular complexity index is 329. The lowest BCUT2D eigenvalue weighted by Gasteiger charge is -2.08. The number of halogens is 1. The fraction of sp³-hybridized carbons (Fsp3) is 0.538. The van der Waals surface area contributed by atoms with E-state index < -0.39 is 0 Å². The lowest BCUT2D eigenvalue weighted by molar-refractivity contribution is 0.532. The molecule has 1 N–H and O–H groups in total. The van der Waals surface area contributed by atoms with Crippen LogP contribution in [0.25, 0.3) is 0 Å². The molecule has 1 aliphatic heterocycles. The first kappa shape index (κ1) is 10.6. The Morgan fingerprint density at radius 2 is 2.33 bits per heavy atom. The van der Waals surface area contributed by atoms with Crippen molar-refractivity contribution in [3.05, 3.63) is 35.1 Å². The van der Waals surface area contributed by atoms with E-state index >= 15 is 0 Å². The normalized spacial score (nSPS) is 20.8. The van der Waals surface area contributed by atoms with Crippen LogP contribution >= 0.6 is 0 Å². The van der Waals surface area contributed by atoms with Gasteiger partial charge < -0.3 is 5.32 Å². The second-order valence-corrected chi connectivity index (χ2v) is 4.48. The molecule has 0 aliphatic carbocycles. The smallest absolute Gasteiger partial charge is 0.126 e. The highest BCUT2D eigenvalue weighted by molar-refractivity contribution is 5.24. The molecule has 0 spiro atoms. The van der Waals surface area contributed by atoms with Gasteiger partial charge in [-0.2, -0.15) is 0 Å². The zero-order valence-electron chi connectivity index (χ0n) is 9.22. The lowest BCUT2D eigenvalue weighted by Crippen LogP contribution is -2.09. The maximum absolute atomic E-state index is 13.0. The van der Waals surface area contributed by atoms with Gasteiger partial charge in [0.2, 0.25) is 0 Å². The van der Waals surface area contributed by atoms with Gasteiger partial charge in [0.05, 0.1) is 0 Å². The Morgan fingerprint density at radius 1 is 1.47 bits per heavy atom. The van der Waals surface area contributed by atoms with Crippen LogP contribution in [0.15, 0.2) is 18.2 Å². The molecule has 1 atom stereocenters. The molecule has 82 valence electrons. The van der Waals surface area contributed by atoms with Gasteiger partial charge >= 0.3 is 0 Å². The molecule has 0 amide bonds. The fourth-order valence-electron chi connectivity index (χ4n) is 2.19. The maximum Gasteiger partial charge on any atom is 0.126 e. The summed E-state index contributed by atoms with van der Waals surface area (Å²) in [6, 6.07) is 5.46. The van der Waals surface area contributed by atoms with Crippen LogP contribution in [0.5, 0.6) is 0 Å². The molecule has 2 heteroatoms. The van der Waals surface area contributed by atoms with E-state index in [0.717, 1.165) is 31.0 Å². The summed E-state index contributed by atoms with van der Waals surface area (Å²) in [6.07, 6.45) is 3.59. The fourth-order valence-corrected chi connectivity index (χ4v) is 2.19. The Morgan fingerprint density at radius 3 is 3.00 bits per heavy atom. The molecule has 15 heavy (non-hydrogen) atoms. The highest BCUT2D eigenvalue weighted by Crippen LogP contribution is 2.17. The summed E-state index contributed by atoms with van der Waals surface area (Å²) in [5, 5.41) is 3.37. The average Bonchev–Trinajstić information content (AvgIpc) is 2.73. The minimum absolute atomic E-state index is 0.0960. The van der Waals surface area contributed by atoms with Crippen LogP contribution in [0.3, 0.4) is 0 Å². The van der Waals surface area contributed by atoms with Crippen molar-refractivity contribution in [2.24, 2.45) is 5.92 Å². The Labute approximate surface area is 90.7 Å². The number of hydrogen-bond acceptors (Lipinski definition) is 1. The molecular weight excluding hydrogens is 189 g/mol. The largest absolute Gasteiger partial charge is 0.316 e. The third-order valence-electron chi connectivity index (χ3n) is 3.23. The van der Waals surface area contributed by atoms with Gasteiger partial charge in [0.15, 0.2) is 0 Å². The van der Waals surface area contributed by atoms with Gasteiger partial charge in [-0.15, -0.1) is 0 Å². The monoisotopic (exact) mass is 207 g/mol. The van der Waals surface area contributed by atoms with Gasteiger partial charge in [0.1, 0.15) is 5.82 Å². The number of benzene rings is 1. The quantitative estimate of drug-likeness (QED) is 0.803. The summed E-state index contributed by atoms with van der Waals surface area (Å²) < 4.78 is 13.0. The number of rotatable bonds is 3. The first-order chi connectivity index (χ1) is 7.25. The van der Waals surface area contributed by atoms with Gasteiger partial charge in [0, 0.05) is 0 Å². The van der Waals surface area contributed by atoms with Gasteiger partial charge in [0.25, 0.3) is 0 Å². The Hall–Kier alpha value is -0.890. The van der Waals surface area contributed by atoms with Crippen molar-refractivity contribution in [3.63, 3.8) is 0 Å². The third kappa shape index (κ3) is 2.78. The van der Waals surface area contributed by atoms with E-state index in [2.05, 4.69) is 5.32 Å². The van der Waals surface area contributed by atoms with Crippen LogP contribution in [0.2, 0.25) is 0 Å². The van der Waals surface area contributed by atoms with Crippen LogP contribution in [0.1, 0.15) is 24.0 Å². The highest BCUT2D eigenvalue weighted by Gasteiger charge is 2.13. The van der Waals surface area contributed by atoms with Gasteiger partial charge in [-0.3, -0.25) is 0 Å². The van der Waals surface area contributed by atoms with Crippen LogP contribution in [-0.4, -0.2) is 13.1 Å². The van der Waals surface area contributed by atoms with Gasteiger partial charge in [-0.05, 0) is 62.4 Å². The van der Waals surface area contributed by atoms with Crippen molar-refractivity contribution < 1.29 is 4.39 Å². The Balaban J connectivity index is 1.90. The topological polar surface area (TPSA) is 12.0 Å². The number of nitrogens with one attached hydrogen (secondary N) is 1. The summed E-state index contributed by atoms with van der Waals surface area (Å²) in [6.45, 7) is 4.14. The van der Waals surface area contributed by atoms with Crippen LogP contribution < -0.4 is 5.32 Å². The zero-order chi connectivity index (χ0) is 10.7. The average molecular weight is 207 g/mol. The maximum atomic E-state index is 13.0. The first-order valence-corrected chi connectivity index (χ1v) is 5.71. The standard InChI is InChI=1S/C13H18FN/c1-10-8-11(4-5-13(10)14)2-3-12-6-7-15-9-12/h4-5,8,12,15H,2-3,6-7,9H2,1H3. The molecule has 1 heterocycles. The van der Waals surface area contributed by atoms with E-state index in [4.69, 9.17) is 0 Å². The second-order valence-electron chi connectivity index (χ2n) is 4.48. The van der Waals surface area contributed by atoms with Crippen LogP contribution in [0, 0.1) is 18.7 Å². The number of hydrogen-bond donors (Lipinski definition) is 1. The summed E-state index contributed by atoms with van der Waals surface area (Å²) in [7, 11) is 0. The van der Waals surface area contributed by atoms with E-state index in [0.29, 0.717) is 0 Å². The molecule has 1 saturated heterocycles. The van der Waals surface area contributed by atoms with Crippen molar-refractivity contribution in [2.75, 3.05) is 13.1 Å². The van der Waals surface area contributed by atoms with Crippen molar-refractivity contribution in [2.45, 2.75) is 26.2 Å². The van der Waals surface area contributed by atoms with E-state index in [1.54, 1.807) is 6.07 Å². The Kier molecular flexibility index (Phi) is 3.37. The minimum Gasteiger partial charge on any atom is -0.316 e. The lowest BCUT2D eigenvalue weighted by atomic mass is 9.98. The predicted molar refractivity (Wildman–Crippen MR) is 60.4 cm³/mol. The summed E-state index contributed by atoms with van der Waals surface area (Å²) in [5.74, 6) is 0.719. The summed E-state index contributed by atoms with van der Waals surface area (Å²) in [5.41, 5.74) is 2.03. The molecule has 1 unspecified atom stereocenters. The van der Waals surface area contributed by atoms with E-state index in [1.807, 2.05) is 19.1 Å². The molecule has 0 saturated carbocycles. The van der Waals surface area contributed by atoms with Crippen molar-refractivity contribution in [1.29, 1.82) is 0 Å². The van der Waals surface area contributed by atoms with Crippen LogP contribution in [-0.2, 0) is 6.42 Å². The molecule has 1 aromatic rings. The summed E-state index contributed by atoms with van der Waals surface area (Å²) >= 11 is 0. The molecule has 2 rings (SSSR count). The zero-order valence-corrected chi connectivity index (χ0v) is 9.22. The molecule has 1 fully saturated rings. The molecule has 0 aromatic heterocycles. The van der Waals surface area contributed by atoms with Crippen molar-refractivity contribution in [1.82, 2.24) is 5.32 Å². The first-order valence-electron chi connectivity index (χ1n) is 5.71. The van der Waals surface area contributed by atoms with Gasteiger partial charge in [-0.1, -0.05) is 12.1 Å². The highest BCUT2D eigenvalue weighted by atomic mass is 19.1. The SMILES string of the molecule is Cc1cc(CCC2CCNC2)ccc1F. The van der Waals surface area contributed by atoms with Crippen LogP contribution in [0.4, 0.5) is 4.39 Å². The van der Waals surface area contributed by atoms with E-state index in [1.165, 1.54) is 18.4 Å².